The number of nitrogens with two attached hydrogens (primary N) is 1. The Hall–Kier alpha value is -1.70. The van der Waals surface area contributed by atoms with Gasteiger partial charge in [-0.2, -0.15) is 0 Å². The molecule has 0 unspecified atom stereocenters. The van der Waals surface area contributed by atoms with Crippen LogP contribution in [0, 0.1) is 0 Å². The van der Waals surface area contributed by atoms with Crippen LogP contribution >= 0.6 is 15.9 Å². The molecule has 6 nitrogen and oxygen atoms in total. The fourth-order valence-corrected chi connectivity index (χ4v) is 2.62. The zero-order valence-corrected chi connectivity index (χ0v) is 12.0. The maximum absolute atomic E-state index is 13.4. The van der Waals surface area contributed by atoms with Crippen LogP contribution in [0.5, 0.6) is 0 Å². The van der Waals surface area contributed by atoms with Crippen molar-refractivity contribution in [1.82, 2.24) is 9.88 Å². The Morgan fingerprint density at radius 2 is 2.25 bits per heavy atom. The minimum atomic E-state index is -1.25. The summed E-state index contributed by atoms with van der Waals surface area (Å²) in [6.07, 6.45) is 0.000955. The number of likely N-dealkylation sites (tertiary alicyclic amines) is 1. The van der Waals surface area contributed by atoms with Crippen molar-refractivity contribution < 1.29 is 14.0 Å². The van der Waals surface area contributed by atoms with Crippen LogP contribution in [0.15, 0.2) is 21.5 Å². The number of aromatic amines is 1. The summed E-state index contributed by atoms with van der Waals surface area (Å²) < 4.78 is 13.6. The number of hydrogen-bond acceptors (Lipinski definition) is 3. The number of H-pyrrole nitrogens is 1. The summed E-state index contributed by atoms with van der Waals surface area (Å²) in [6, 6.07) is 0.657. The van der Waals surface area contributed by atoms with Crippen molar-refractivity contribution >= 4 is 27.7 Å². The average molecular weight is 346 g/mol. The van der Waals surface area contributed by atoms with E-state index in [1.54, 1.807) is 6.07 Å². The zero-order valence-electron chi connectivity index (χ0n) is 10.4. The molecule has 1 fully saturated rings. The predicted octanol–water partition coefficient (Wildman–Crippen LogP) is 0.104. The van der Waals surface area contributed by atoms with E-state index in [1.165, 1.54) is 6.20 Å². The quantitative estimate of drug-likeness (QED) is 0.813. The molecule has 0 bridgehead atoms. The third kappa shape index (κ3) is 2.90. The van der Waals surface area contributed by atoms with Gasteiger partial charge in [-0.15, -0.1) is 0 Å². The summed E-state index contributed by atoms with van der Waals surface area (Å²) in [7, 11) is 0. The Labute approximate surface area is 122 Å². The maximum atomic E-state index is 13.4. The number of nitrogens with one attached hydrogen (secondary N) is 1. The SMILES string of the molecule is NC(=O)[C@@H]1C[C@@H](F)CN1C(=O)Cc1cc[nH]c(=O)c1Br. The average Bonchev–Trinajstić information content (AvgIpc) is 2.77. The van der Waals surface area contributed by atoms with Crippen LogP contribution in [0.1, 0.15) is 12.0 Å². The molecule has 0 aromatic carbocycles. The van der Waals surface area contributed by atoms with E-state index in [0.717, 1.165) is 4.90 Å². The lowest BCUT2D eigenvalue weighted by Gasteiger charge is -2.21. The van der Waals surface area contributed by atoms with Gasteiger partial charge in [-0.3, -0.25) is 14.4 Å². The standard InChI is InChI=1S/C12H13BrFN3O3/c13-10-6(1-2-16-12(10)20)3-9(18)17-5-7(14)4-8(17)11(15)19/h1-2,7-8H,3-5H2,(H2,15,19)(H,16,20)/t7-,8+/m1/s1. The van der Waals surface area contributed by atoms with Gasteiger partial charge < -0.3 is 15.6 Å². The normalized spacial score (nSPS) is 22.0. The molecule has 1 aliphatic heterocycles. The molecule has 0 radical (unpaired) electrons. The molecular weight excluding hydrogens is 333 g/mol. The number of hydrogen-bond donors (Lipinski definition) is 2. The molecule has 2 atom stereocenters. The molecule has 0 saturated carbocycles. The van der Waals surface area contributed by atoms with Crippen LogP contribution in [0.2, 0.25) is 0 Å². The number of halogens is 2. The van der Waals surface area contributed by atoms with Crippen molar-refractivity contribution in [1.29, 1.82) is 0 Å². The van der Waals surface area contributed by atoms with Gasteiger partial charge in [0, 0.05) is 12.6 Å². The minimum Gasteiger partial charge on any atom is -0.368 e. The highest BCUT2D eigenvalue weighted by atomic mass is 79.9. The van der Waals surface area contributed by atoms with E-state index in [9.17, 15) is 18.8 Å². The summed E-state index contributed by atoms with van der Waals surface area (Å²) in [5.41, 5.74) is 5.29. The van der Waals surface area contributed by atoms with Crippen LogP contribution < -0.4 is 11.3 Å². The van der Waals surface area contributed by atoms with Gasteiger partial charge in [0.25, 0.3) is 5.56 Å². The second-order valence-corrected chi connectivity index (χ2v) is 5.41. The van der Waals surface area contributed by atoms with Gasteiger partial charge in [0.1, 0.15) is 12.2 Å². The number of carbonyl (C=O) groups is 2. The molecular formula is C12H13BrFN3O3. The molecule has 108 valence electrons. The zero-order chi connectivity index (χ0) is 14.9. The van der Waals surface area contributed by atoms with Crippen LogP contribution in [0.4, 0.5) is 4.39 Å². The summed E-state index contributed by atoms with van der Waals surface area (Å²) in [5.74, 6) is -1.15. The summed E-state index contributed by atoms with van der Waals surface area (Å²) in [5, 5.41) is 0. The highest BCUT2D eigenvalue weighted by Gasteiger charge is 2.38. The molecule has 2 rings (SSSR count). The molecule has 2 heterocycles. The van der Waals surface area contributed by atoms with Crippen molar-refractivity contribution in [2.45, 2.75) is 25.1 Å². The lowest BCUT2D eigenvalue weighted by Crippen LogP contribution is -2.44. The number of aromatic nitrogens is 1. The summed E-state index contributed by atoms with van der Waals surface area (Å²) in [4.78, 5) is 38.4. The number of rotatable bonds is 3. The second kappa shape index (κ2) is 5.74. The van der Waals surface area contributed by atoms with E-state index in [0.29, 0.717) is 5.56 Å². The van der Waals surface area contributed by atoms with Gasteiger partial charge in [0.15, 0.2) is 0 Å². The molecule has 2 amide bonds. The first-order valence-electron chi connectivity index (χ1n) is 5.99. The molecule has 20 heavy (non-hydrogen) atoms. The maximum Gasteiger partial charge on any atom is 0.262 e. The molecule has 3 N–H and O–H groups in total. The predicted molar refractivity (Wildman–Crippen MR) is 72.7 cm³/mol. The molecule has 1 aromatic rings. The first kappa shape index (κ1) is 14.7. The third-order valence-corrected chi connectivity index (χ3v) is 4.09. The van der Waals surface area contributed by atoms with Crippen molar-refractivity contribution in [2.75, 3.05) is 6.54 Å². The highest BCUT2D eigenvalue weighted by Crippen LogP contribution is 2.22. The Kier molecular flexibility index (Phi) is 4.22. The molecule has 8 heteroatoms. The van der Waals surface area contributed by atoms with Crippen LogP contribution in [0.25, 0.3) is 0 Å². The molecule has 0 spiro atoms. The molecule has 1 aromatic heterocycles. The van der Waals surface area contributed by atoms with E-state index in [2.05, 4.69) is 20.9 Å². The second-order valence-electron chi connectivity index (χ2n) is 4.62. The Morgan fingerprint density at radius 1 is 1.55 bits per heavy atom. The van der Waals surface area contributed by atoms with Gasteiger partial charge in [-0.25, -0.2) is 4.39 Å². The fourth-order valence-electron chi connectivity index (χ4n) is 2.23. The van der Waals surface area contributed by atoms with E-state index in [-0.39, 0.29) is 29.4 Å². The van der Waals surface area contributed by atoms with Gasteiger partial charge in [0.2, 0.25) is 11.8 Å². The Balaban J connectivity index is 2.17. The number of amides is 2. The van der Waals surface area contributed by atoms with Crippen molar-refractivity contribution in [3.05, 3.63) is 32.7 Å². The smallest absolute Gasteiger partial charge is 0.262 e. The molecule has 0 aliphatic carbocycles. The van der Waals surface area contributed by atoms with Crippen molar-refractivity contribution in [2.24, 2.45) is 5.73 Å². The van der Waals surface area contributed by atoms with Gasteiger partial charge >= 0.3 is 0 Å². The monoisotopic (exact) mass is 345 g/mol. The Bertz CT molecular complexity index is 604. The van der Waals surface area contributed by atoms with Gasteiger partial charge in [-0.1, -0.05) is 0 Å². The first-order chi connectivity index (χ1) is 9.40. The van der Waals surface area contributed by atoms with E-state index in [1.807, 2.05) is 0 Å². The van der Waals surface area contributed by atoms with Gasteiger partial charge in [0.05, 0.1) is 17.4 Å². The minimum absolute atomic E-state index is 0.0718. The molecule has 1 aliphatic rings. The number of pyridine rings is 1. The number of carbonyl (C=O) groups excluding carboxylic acids is 2. The van der Waals surface area contributed by atoms with Crippen molar-refractivity contribution in [3.8, 4) is 0 Å². The van der Waals surface area contributed by atoms with Crippen LogP contribution in [-0.4, -0.2) is 40.5 Å². The van der Waals surface area contributed by atoms with Crippen molar-refractivity contribution in [3.63, 3.8) is 0 Å². The van der Waals surface area contributed by atoms with Crippen LogP contribution in [0.3, 0.4) is 0 Å². The van der Waals surface area contributed by atoms with Gasteiger partial charge in [-0.05, 0) is 27.6 Å². The van der Waals surface area contributed by atoms with E-state index >= 15 is 0 Å². The number of primary amides is 1. The lowest BCUT2D eigenvalue weighted by atomic mass is 10.1. The van der Waals surface area contributed by atoms with Crippen LogP contribution in [-0.2, 0) is 16.0 Å². The number of nitrogens with zero attached hydrogens (tertiary/aromatic N) is 1. The number of alkyl halides is 1. The molecule has 1 saturated heterocycles. The topological polar surface area (TPSA) is 96.3 Å². The Morgan fingerprint density at radius 3 is 2.90 bits per heavy atom. The lowest BCUT2D eigenvalue weighted by molar-refractivity contribution is -0.136. The summed E-state index contributed by atoms with van der Waals surface area (Å²) >= 11 is 3.09. The fraction of sp³-hybridized carbons (Fsp3) is 0.417. The first-order valence-corrected chi connectivity index (χ1v) is 6.78. The highest BCUT2D eigenvalue weighted by molar-refractivity contribution is 9.10. The van der Waals surface area contributed by atoms with E-state index in [4.69, 9.17) is 5.73 Å². The summed E-state index contributed by atoms with van der Waals surface area (Å²) in [6.45, 7) is -0.146. The largest absolute Gasteiger partial charge is 0.368 e. The van der Waals surface area contributed by atoms with E-state index < -0.39 is 24.0 Å². The third-order valence-electron chi connectivity index (χ3n) is 3.22.